The van der Waals surface area contributed by atoms with Crippen LogP contribution in [-0.4, -0.2) is 14.8 Å². The third-order valence-corrected chi connectivity index (χ3v) is 2.35. The van der Waals surface area contributed by atoms with Crippen molar-refractivity contribution in [2.45, 2.75) is 6.16 Å². The van der Waals surface area contributed by atoms with Crippen LogP contribution >= 0.6 is 19.2 Å². The van der Waals surface area contributed by atoms with Crippen LogP contribution in [-0.2, 0) is 10.7 Å². The Hall–Kier alpha value is -0.610. The molecule has 72 valence electrons. The monoisotopic (exact) mass is 222 g/mol. The van der Waals surface area contributed by atoms with Gasteiger partial charge < -0.3 is 15.5 Å². The topological polar surface area (TPSA) is 96.4 Å². The molecule has 1 aromatic rings. The smallest absolute Gasteiger partial charge is 0.331 e. The summed E-state index contributed by atoms with van der Waals surface area (Å²) in [5.74, 6) is 0.188. The molecule has 0 saturated carbocycles. The van der Waals surface area contributed by atoms with Crippen molar-refractivity contribution >= 4 is 25.0 Å². The molecule has 0 bridgehead atoms. The van der Waals surface area contributed by atoms with E-state index in [1.54, 1.807) is 0 Å². The molecule has 0 aliphatic carbocycles. The van der Waals surface area contributed by atoms with Crippen molar-refractivity contribution in [1.82, 2.24) is 4.98 Å². The summed E-state index contributed by atoms with van der Waals surface area (Å²) in [4.78, 5) is 21.0. The fraction of sp³-hybridized carbons (Fsp3) is 0.167. The van der Waals surface area contributed by atoms with Crippen molar-refractivity contribution in [3.8, 4) is 0 Å². The van der Waals surface area contributed by atoms with Gasteiger partial charge in [-0.15, -0.1) is 0 Å². The van der Waals surface area contributed by atoms with Crippen molar-refractivity contribution in [2.75, 3.05) is 5.73 Å². The van der Waals surface area contributed by atoms with Gasteiger partial charge in [0, 0.05) is 0 Å². The lowest BCUT2D eigenvalue weighted by molar-refractivity contribution is 0.371. The highest BCUT2D eigenvalue weighted by atomic mass is 35.5. The molecular weight excluding hydrogens is 215 g/mol. The van der Waals surface area contributed by atoms with Gasteiger partial charge >= 0.3 is 7.60 Å². The largest absolute Gasteiger partial charge is 0.384 e. The van der Waals surface area contributed by atoms with E-state index in [0.717, 1.165) is 0 Å². The average molecular weight is 223 g/mol. The molecule has 0 aliphatic rings. The first-order valence-corrected chi connectivity index (χ1v) is 5.51. The first-order valence-electron chi connectivity index (χ1n) is 3.34. The fourth-order valence-electron chi connectivity index (χ4n) is 0.807. The standard InChI is InChI=1S/C6H8ClN2O3P/c7-4-1-2-6(8)9-5(4)3-13(10,11)12/h1-2H,3H2,(H2,8,9)(H2,10,11,12). The van der Waals surface area contributed by atoms with E-state index in [2.05, 4.69) is 4.98 Å². The Morgan fingerprint density at radius 2 is 2.15 bits per heavy atom. The lowest BCUT2D eigenvalue weighted by Crippen LogP contribution is -1.97. The second-order valence-electron chi connectivity index (χ2n) is 2.49. The van der Waals surface area contributed by atoms with E-state index >= 15 is 0 Å². The highest BCUT2D eigenvalue weighted by molar-refractivity contribution is 7.50. The molecule has 0 amide bonds. The van der Waals surface area contributed by atoms with E-state index in [1.165, 1.54) is 12.1 Å². The van der Waals surface area contributed by atoms with Gasteiger partial charge in [-0.3, -0.25) is 4.57 Å². The lowest BCUT2D eigenvalue weighted by Gasteiger charge is -2.05. The van der Waals surface area contributed by atoms with Crippen LogP contribution in [0.2, 0.25) is 5.02 Å². The molecule has 0 spiro atoms. The summed E-state index contributed by atoms with van der Waals surface area (Å²) in [5, 5.41) is 0.206. The molecular formula is C6H8ClN2O3P. The zero-order chi connectivity index (χ0) is 10.1. The molecule has 0 saturated heterocycles. The van der Waals surface area contributed by atoms with E-state index < -0.39 is 13.8 Å². The molecule has 0 aromatic carbocycles. The summed E-state index contributed by atoms with van der Waals surface area (Å²) < 4.78 is 10.6. The molecule has 0 atom stereocenters. The summed E-state index contributed by atoms with van der Waals surface area (Å²) in [7, 11) is -4.14. The predicted molar refractivity (Wildman–Crippen MR) is 49.4 cm³/mol. The number of nitrogens with zero attached hydrogens (tertiary/aromatic N) is 1. The van der Waals surface area contributed by atoms with Gasteiger partial charge in [-0.1, -0.05) is 11.6 Å². The van der Waals surface area contributed by atoms with E-state index in [0.29, 0.717) is 0 Å². The Labute approximate surface area is 79.7 Å². The first-order chi connectivity index (χ1) is 5.88. The van der Waals surface area contributed by atoms with Gasteiger partial charge in [0.05, 0.1) is 16.9 Å². The maximum Gasteiger partial charge on any atom is 0.331 e. The number of anilines is 1. The van der Waals surface area contributed by atoms with Crippen molar-refractivity contribution in [2.24, 2.45) is 0 Å². The maximum atomic E-state index is 10.6. The van der Waals surface area contributed by atoms with Crippen molar-refractivity contribution in [3.63, 3.8) is 0 Å². The molecule has 1 rings (SSSR count). The summed E-state index contributed by atoms with van der Waals surface area (Å²) in [6, 6.07) is 2.92. The van der Waals surface area contributed by atoms with Crippen molar-refractivity contribution < 1.29 is 14.4 Å². The van der Waals surface area contributed by atoms with Crippen molar-refractivity contribution in [3.05, 3.63) is 22.8 Å². The molecule has 1 heterocycles. The van der Waals surface area contributed by atoms with Crippen LogP contribution in [0, 0.1) is 0 Å². The van der Waals surface area contributed by atoms with E-state index in [1.807, 2.05) is 0 Å². The van der Waals surface area contributed by atoms with E-state index in [9.17, 15) is 4.57 Å². The minimum atomic E-state index is -4.14. The molecule has 0 fully saturated rings. The number of halogens is 1. The molecule has 0 unspecified atom stereocenters. The quantitative estimate of drug-likeness (QED) is 0.649. The van der Waals surface area contributed by atoms with Gasteiger partial charge in [0.1, 0.15) is 5.82 Å². The number of aromatic nitrogens is 1. The predicted octanol–water partition coefficient (Wildman–Crippen LogP) is 0.995. The summed E-state index contributed by atoms with van der Waals surface area (Å²) in [6.07, 6.45) is -0.489. The Morgan fingerprint density at radius 3 is 2.69 bits per heavy atom. The molecule has 0 aliphatic heterocycles. The Bertz CT molecular complexity index is 365. The van der Waals surface area contributed by atoms with Gasteiger partial charge in [0.25, 0.3) is 0 Å². The SMILES string of the molecule is Nc1ccc(Cl)c(CP(=O)(O)O)n1. The van der Waals surface area contributed by atoms with Crippen LogP contribution in [0.4, 0.5) is 5.82 Å². The van der Waals surface area contributed by atoms with Gasteiger partial charge in [-0.05, 0) is 12.1 Å². The Balaban J connectivity index is 3.01. The number of rotatable bonds is 2. The van der Waals surface area contributed by atoms with E-state index in [-0.39, 0.29) is 16.5 Å². The summed E-state index contributed by atoms with van der Waals surface area (Å²) >= 11 is 5.64. The van der Waals surface area contributed by atoms with Crippen LogP contribution in [0.5, 0.6) is 0 Å². The van der Waals surface area contributed by atoms with Crippen molar-refractivity contribution in [1.29, 1.82) is 0 Å². The molecule has 0 radical (unpaired) electrons. The third kappa shape index (κ3) is 3.32. The van der Waals surface area contributed by atoms with Gasteiger partial charge in [0.15, 0.2) is 0 Å². The number of nitrogen functional groups attached to an aromatic ring is 1. The minimum absolute atomic E-state index is 0.120. The highest BCUT2D eigenvalue weighted by Gasteiger charge is 2.17. The number of hydrogen-bond acceptors (Lipinski definition) is 3. The zero-order valence-corrected chi connectivity index (χ0v) is 8.16. The molecule has 7 heteroatoms. The number of nitrogens with two attached hydrogens (primary N) is 1. The third-order valence-electron chi connectivity index (χ3n) is 1.30. The van der Waals surface area contributed by atoms with Crippen LogP contribution in [0.25, 0.3) is 0 Å². The average Bonchev–Trinajstić information content (AvgIpc) is 1.94. The second-order valence-corrected chi connectivity index (χ2v) is 4.54. The molecule has 5 nitrogen and oxygen atoms in total. The van der Waals surface area contributed by atoms with Gasteiger partial charge in [-0.25, -0.2) is 4.98 Å². The van der Waals surface area contributed by atoms with Crippen LogP contribution in [0.1, 0.15) is 5.69 Å². The molecule has 1 aromatic heterocycles. The Morgan fingerprint density at radius 1 is 1.54 bits per heavy atom. The van der Waals surface area contributed by atoms with Gasteiger partial charge in [-0.2, -0.15) is 0 Å². The van der Waals surface area contributed by atoms with Gasteiger partial charge in [0.2, 0.25) is 0 Å². The number of hydrogen-bond donors (Lipinski definition) is 3. The summed E-state index contributed by atoms with van der Waals surface area (Å²) in [6.45, 7) is 0. The van der Waals surface area contributed by atoms with Crippen LogP contribution in [0.15, 0.2) is 12.1 Å². The normalized spacial score (nSPS) is 11.6. The number of pyridine rings is 1. The lowest BCUT2D eigenvalue weighted by atomic mass is 10.4. The zero-order valence-electron chi connectivity index (χ0n) is 6.51. The molecule has 4 N–H and O–H groups in total. The summed E-state index contributed by atoms with van der Waals surface area (Å²) in [5.41, 5.74) is 5.44. The second kappa shape index (κ2) is 3.64. The van der Waals surface area contributed by atoms with Crippen LogP contribution < -0.4 is 5.73 Å². The minimum Gasteiger partial charge on any atom is -0.384 e. The fourth-order valence-corrected chi connectivity index (χ4v) is 1.70. The molecule has 13 heavy (non-hydrogen) atoms. The highest BCUT2D eigenvalue weighted by Crippen LogP contribution is 2.40. The van der Waals surface area contributed by atoms with E-state index in [4.69, 9.17) is 27.1 Å². The van der Waals surface area contributed by atoms with Crippen LogP contribution in [0.3, 0.4) is 0 Å². The Kier molecular flexibility index (Phi) is 2.93. The maximum absolute atomic E-state index is 10.6. The first kappa shape index (κ1) is 10.5.